The highest BCUT2D eigenvalue weighted by molar-refractivity contribution is 7.80. The van der Waals surface area contributed by atoms with Gasteiger partial charge in [-0.1, -0.05) is 58.9 Å². The van der Waals surface area contributed by atoms with Crippen LogP contribution in [0.5, 0.6) is 0 Å². The summed E-state index contributed by atoms with van der Waals surface area (Å²) in [6, 6.07) is 12.1. The molecular formula is C33H53N5O2S. The summed E-state index contributed by atoms with van der Waals surface area (Å²) < 4.78 is 6.15. The number of nitrogens with two attached hydrogens (primary N) is 1. The zero-order valence-electron chi connectivity index (χ0n) is 26.3. The third-order valence-electron chi connectivity index (χ3n) is 5.67. The van der Waals surface area contributed by atoms with E-state index in [0.717, 1.165) is 30.0 Å². The quantitative estimate of drug-likeness (QED) is 0.193. The zero-order valence-corrected chi connectivity index (χ0v) is 27.2. The van der Waals surface area contributed by atoms with Crippen LogP contribution in [0.2, 0.25) is 0 Å². The maximum atomic E-state index is 9.32. The number of anilines is 1. The van der Waals surface area contributed by atoms with Crippen LogP contribution in [0, 0.1) is 12.8 Å². The molecule has 1 saturated heterocycles. The first-order valence-corrected chi connectivity index (χ1v) is 15.0. The Bertz CT molecular complexity index is 1070. The maximum Gasteiger partial charge on any atom is 0.197 e. The lowest BCUT2D eigenvalue weighted by Gasteiger charge is -2.30. The minimum atomic E-state index is -0.322. The Morgan fingerprint density at radius 3 is 2.32 bits per heavy atom. The fourth-order valence-corrected chi connectivity index (χ4v) is 3.65. The molecule has 3 aromatic rings. The summed E-state index contributed by atoms with van der Waals surface area (Å²) in [5.74, 6) is 1.96. The average molecular weight is 584 g/mol. The fraction of sp³-hybridized carbons (Fsp3) is 0.455. The number of ether oxygens (including phenoxy) is 1. The van der Waals surface area contributed by atoms with Gasteiger partial charge in [0, 0.05) is 48.7 Å². The number of hydrogen-bond acceptors (Lipinski definition) is 7. The first kappa shape index (κ1) is 37.9. The number of nitrogen functional groups attached to an aromatic ring is 1. The van der Waals surface area contributed by atoms with Crippen molar-refractivity contribution >= 4 is 24.2 Å². The molecule has 0 amide bonds. The summed E-state index contributed by atoms with van der Waals surface area (Å²) in [4.78, 5) is 11.2. The minimum absolute atomic E-state index is 0.184. The molecule has 0 saturated carbocycles. The van der Waals surface area contributed by atoms with Crippen molar-refractivity contribution in [2.24, 2.45) is 5.92 Å². The number of imidazole rings is 1. The number of nitrogens with one attached hydrogen (secondary N) is 2. The summed E-state index contributed by atoms with van der Waals surface area (Å²) in [6.45, 7) is 17.5. The Hall–Kier alpha value is -3.07. The predicted molar refractivity (Wildman–Crippen MR) is 178 cm³/mol. The number of benzene rings is 1. The highest BCUT2D eigenvalue weighted by Gasteiger charge is 2.23. The monoisotopic (exact) mass is 583 g/mol. The highest BCUT2D eigenvalue weighted by atomic mass is 32.1. The first-order chi connectivity index (χ1) is 19.7. The molecule has 2 aromatic heterocycles. The van der Waals surface area contributed by atoms with E-state index in [-0.39, 0.29) is 12.2 Å². The molecule has 1 aromatic carbocycles. The Balaban J connectivity index is 0.000000760. The van der Waals surface area contributed by atoms with E-state index < -0.39 is 0 Å². The zero-order chi connectivity index (χ0) is 31.0. The molecule has 1 aliphatic heterocycles. The van der Waals surface area contributed by atoms with Gasteiger partial charge in [0.05, 0.1) is 11.9 Å². The Morgan fingerprint density at radius 2 is 1.85 bits per heavy atom. The van der Waals surface area contributed by atoms with E-state index in [9.17, 15) is 5.11 Å². The van der Waals surface area contributed by atoms with Gasteiger partial charge in [-0.25, -0.2) is 4.98 Å². The van der Waals surface area contributed by atoms with Gasteiger partial charge in [0.15, 0.2) is 5.95 Å². The molecular weight excluding hydrogens is 530 g/mol. The fourth-order valence-electron chi connectivity index (χ4n) is 3.50. The van der Waals surface area contributed by atoms with Gasteiger partial charge in [-0.2, -0.15) is 0 Å². The number of rotatable bonds is 6. The van der Waals surface area contributed by atoms with Crippen LogP contribution < -0.4 is 11.1 Å². The molecule has 1 fully saturated rings. The van der Waals surface area contributed by atoms with Gasteiger partial charge in [-0.05, 0) is 74.6 Å². The van der Waals surface area contributed by atoms with Crippen LogP contribution in [-0.2, 0) is 4.74 Å². The van der Waals surface area contributed by atoms with Crippen molar-refractivity contribution < 1.29 is 9.84 Å². The van der Waals surface area contributed by atoms with Crippen molar-refractivity contribution in [2.45, 2.75) is 85.3 Å². The molecule has 1 aliphatic rings. The Labute approximate surface area is 254 Å². The van der Waals surface area contributed by atoms with E-state index in [1.165, 1.54) is 16.7 Å². The number of allylic oxidation sites excluding steroid dienone is 4. The highest BCUT2D eigenvalue weighted by Crippen LogP contribution is 2.28. The lowest BCUT2D eigenvalue weighted by molar-refractivity contribution is 0.0483. The summed E-state index contributed by atoms with van der Waals surface area (Å²) in [5.41, 5.74) is 8.73. The number of hydrogen-bond donors (Lipinski definition) is 5. The van der Waals surface area contributed by atoms with Crippen molar-refractivity contribution in [3.63, 3.8) is 0 Å². The molecule has 0 spiro atoms. The van der Waals surface area contributed by atoms with E-state index in [2.05, 4.69) is 71.0 Å². The summed E-state index contributed by atoms with van der Waals surface area (Å²) in [7, 11) is 0. The number of aromatic nitrogens is 3. The predicted octanol–water partition coefficient (Wildman–Crippen LogP) is 7.48. The van der Waals surface area contributed by atoms with Gasteiger partial charge in [-0.3, -0.25) is 4.98 Å². The van der Waals surface area contributed by atoms with Crippen LogP contribution in [-0.4, -0.2) is 45.4 Å². The second-order valence-corrected chi connectivity index (χ2v) is 9.71. The lowest BCUT2D eigenvalue weighted by atomic mass is 9.96. The van der Waals surface area contributed by atoms with Crippen molar-refractivity contribution in [3.8, 4) is 0 Å². The van der Waals surface area contributed by atoms with Gasteiger partial charge in [-0.15, -0.1) is 12.6 Å². The standard InChI is InChI=1S/C20H29NO2S.C6H7N.C3H5N3.2C2H6/c1-14(17-6-9-19(24)10-7-17)5-11-20-15(2)4-8-18(23-20)13-21-12-16(3)22;1-6-3-2-4-7-5-6;4-3-5-1-2-6-3;2*1-2/h5-7,9-11,15-16,18,21-22,24H,4,8,12-13H2,1-3H3;2-5H,1H3;1-2H,(H3,4,5,6);2*1-2H3/b14-5+,20-11+;;;;. The number of aliphatic hydroxyl groups excluding tert-OH is 1. The molecule has 4 rings (SSSR count). The molecule has 228 valence electrons. The summed E-state index contributed by atoms with van der Waals surface area (Å²) in [6.07, 6.45) is 13.2. The van der Waals surface area contributed by atoms with Crippen LogP contribution >= 0.6 is 12.6 Å². The third kappa shape index (κ3) is 18.1. The van der Waals surface area contributed by atoms with Crippen LogP contribution in [0.25, 0.3) is 5.57 Å². The second kappa shape index (κ2) is 23.6. The smallest absolute Gasteiger partial charge is 0.197 e. The van der Waals surface area contributed by atoms with Gasteiger partial charge in [0.25, 0.3) is 0 Å². The largest absolute Gasteiger partial charge is 0.493 e. The van der Waals surface area contributed by atoms with Crippen molar-refractivity contribution in [1.29, 1.82) is 0 Å². The van der Waals surface area contributed by atoms with Crippen LogP contribution in [0.4, 0.5) is 5.95 Å². The normalized spacial score (nSPS) is 17.5. The van der Waals surface area contributed by atoms with Crippen molar-refractivity contribution in [1.82, 2.24) is 20.3 Å². The second-order valence-electron chi connectivity index (χ2n) is 9.20. The molecule has 8 heteroatoms. The van der Waals surface area contributed by atoms with Crippen molar-refractivity contribution in [2.75, 3.05) is 18.8 Å². The molecule has 41 heavy (non-hydrogen) atoms. The molecule has 0 bridgehead atoms. The van der Waals surface area contributed by atoms with Gasteiger partial charge < -0.3 is 25.9 Å². The molecule has 5 N–H and O–H groups in total. The molecule has 0 aliphatic carbocycles. The van der Waals surface area contributed by atoms with Crippen LogP contribution in [0.15, 0.2) is 84.0 Å². The number of nitrogens with zero attached hydrogens (tertiary/aromatic N) is 2. The van der Waals surface area contributed by atoms with Gasteiger partial charge in [0.2, 0.25) is 0 Å². The van der Waals surface area contributed by atoms with E-state index in [1.807, 2.05) is 65.1 Å². The third-order valence-corrected chi connectivity index (χ3v) is 5.97. The number of thiol groups is 1. The SMILES string of the molecule is C/C(=C\C=C1\OC(CNCC(C)O)CCC1C)c1ccc(S)cc1.CC.CC.Cc1cccnc1.Nc1ncc[nH]1. The Morgan fingerprint density at radius 1 is 1.17 bits per heavy atom. The number of aryl methyl sites for hydroxylation is 1. The molecule has 7 nitrogen and oxygen atoms in total. The number of H-pyrrole nitrogens is 1. The van der Waals surface area contributed by atoms with Crippen LogP contribution in [0.1, 0.15) is 72.4 Å². The number of pyridine rings is 1. The molecule has 0 radical (unpaired) electrons. The average Bonchev–Trinajstić information content (AvgIpc) is 3.47. The van der Waals surface area contributed by atoms with Gasteiger partial charge in [0.1, 0.15) is 6.10 Å². The lowest BCUT2D eigenvalue weighted by Crippen LogP contribution is -2.36. The summed E-state index contributed by atoms with van der Waals surface area (Å²) in [5, 5.41) is 12.6. The minimum Gasteiger partial charge on any atom is -0.493 e. The van der Waals surface area contributed by atoms with E-state index in [0.29, 0.717) is 18.4 Å². The Kier molecular flexibility index (Phi) is 21.8. The number of aliphatic hydroxyl groups is 1. The topological polar surface area (TPSA) is 109 Å². The van der Waals surface area contributed by atoms with E-state index in [1.54, 1.807) is 25.5 Å². The van der Waals surface area contributed by atoms with E-state index >= 15 is 0 Å². The van der Waals surface area contributed by atoms with Crippen molar-refractivity contribution in [3.05, 3.63) is 90.2 Å². The molecule has 3 heterocycles. The maximum absolute atomic E-state index is 9.32. The first-order valence-electron chi connectivity index (χ1n) is 14.6. The van der Waals surface area contributed by atoms with E-state index in [4.69, 9.17) is 10.5 Å². The number of aromatic amines is 1. The molecule has 3 unspecified atom stereocenters. The van der Waals surface area contributed by atoms with Crippen LogP contribution in [0.3, 0.4) is 0 Å². The molecule has 3 atom stereocenters. The summed E-state index contributed by atoms with van der Waals surface area (Å²) >= 11 is 4.32. The van der Waals surface area contributed by atoms with Gasteiger partial charge >= 0.3 is 0 Å².